The van der Waals surface area contributed by atoms with Crippen LogP contribution in [0.5, 0.6) is 0 Å². The predicted molar refractivity (Wildman–Crippen MR) is 132 cm³/mol. The minimum Gasteiger partial charge on any atom is -0.462 e. The van der Waals surface area contributed by atoms with Crippen LogP contribution < -0.4 is 0 Å². The Bertz CT molecular complexity index is 990. The van der Waals surface area contributed by atoms with Crippen molar-refractivity contribution < 1.29 is 9.53 Å². The zero-order valence-electron chi connectivity index (χ0n) is 20.6. The molecule has 0 saturated heterocycles. The predicted octanol–water partition coefficient (Wildman–Crippen LogP) is 7.58. The van der Waals surface area contributed by atoms with Gasteiger partial charge in [-0.05, 0) is 82.5 Å². The van der Waals surface area contributed by atoms with E-state index in [0.29, 0.717) is 18.1 Å². The van der Waals surface area contributed by atoms with Crippen LogP contribution in [0.2, 0.25) is 0 Å². The number of hydrogen-bond acceptors (Lipinski definition) is 2. The van der Waals surface area contributed by atoms with Crippen LogP contribution in [0, 0.1) is 5.92 Å². The molecule has 1 aliphatic carbocycles. The van der Waals surface area contributed by atoms with Gasteiger partial charge in [-0.25, -0.2) is 4.79 Å². The zero-order chi connectivity index (χ0) is 23.0. The lowest BCUT2D eigenvalue weighted by molar-refractivity contribution is 0.0526. The molecule has 166 valence electrons. The van der Waals surface area contributed by atoms with E-state index >= 15 is 0 Å². The monoisotopic (exact) mass is 418 g/mol. The highest BCUT2D eigenvalue weighted by atomic mass is 16.5. The summed E-state index contributed by atoms with van der Waals surface area (Å²) in [6.45, 7) is 18.6. The Morgan fingerprint density at radius 2 is 1.58 bits per heavy atom. The second kappa shape index (κ2) is 8.65. The summed E-state index contributed by atoms with van der Waals surface area (Å²) in [5, 5.41) is 0. The van der Waals surface area contributed by atoms with Gasteiger partial charge in [0.05, 0.1) is 12.2 Å². The van der Waals surface area contributed by atoms with E-state index in [-0.39, 0.29) is 16.8 Å². The van der Waals surface area contributed by atoms with Crippen LogP contribution in [-0.2, 0) is 22.0 Å². The fourth-order valence-electron chi connectivity index (χ4n) is 5.18. The fraction of sp³-hybridized carbons (Fsp3) is 0.483. The maximum absolute atomic E-state index is 11.9. The molecule has 1 unspecified atom stereocenters. The molecule has 0 spiro atoms. The fourth-order valence-corrected chi connectivity index (χ4v) is 5.18. The molecule has 0 aliphatic heterocycles. The van der Waals surface area contributed by atoms with E-state index in [0.717, 1.165) is 18.4 Å². The van der Waals surface area contributed by atoms with E-state index in [1.165, 1.54) is 27.8 Å². The molecule has 1 aliphatic rings. The van der Waals surface area contributed by atoms with Crippen LogP contribution in [0.4, 0.5) is 0 Å². The Morgan fingerprint density at radius 1 is 1.00 bits per heavy atom. The zero-order valence-corrected chi connectivity index (χ0v) is 20.6. The van der Waals surface area contributed by atoms with Crippen molar-refractivity contribution in [1.82, 2.24) is 0 Å². The molecule has 3 rings (SSSR count). The highest BCUT2D eigenvalue weighted by Gasteiger charge is 2.48. The lowest BCUT2D eigenvalue weighted by Gasteiger charge is -2.32. The molecule has 2 nitrogen and oxygen atoms in total. The number of fused-ring (bicyclic) bond motifs is 1. The largest absolute Gasteiger partial charge is 0.462 e. The Labute approximate surface area is 188 Å². The van der Waals surface area contributed by atoms with Crippen LogP contribution >= 0.6 is 0 Å². The SMILES string of the molecule is CCCc1cc2c(cc1/C(C)=C/c1ccc(C(=O)OCC)cc1)C(C)(C)C(C)C2(C)C. The third-order valence-corrected chi connectivity index (χ3v) is 7.55. The van der Waals surface area contributed by atoms with Gasteiger partial charge in [0.25, 0.3) is 0 Å². The molecule has 2 aromatic carbocycles. The Balaban J connectivity index is 2.04. The highest BCUT2D eigenvalue weighted by Crippen LogP contribution is 2.54. The molecule has 0 fully saturated rings. The van der Waals surface area contributed by atoms with Crippen molar-refractivity contribution in [2.75, 3.05) is 6.61 Å². The number of hydrogen-bond donors (Lipinski definition) is 0. The molecule has 2 aromatic rings. The number of ether oxygens (including phenoxy) is 1. The maximum atomic E-state index is 11.9. The maximum Gasteiger partial charge on any atom is 0.338 e. The first-order valence-corrected chi connectivity index (χ1v) is 11.7. The summed E-state index contributed by atoms with van der Waals surface area (Å²) < 4.78 is 5.09. The summed E-state index contributed by atoms with van der Waals surface area (Å²) in [6, 6.07) is 12.6. The van der Waals surface area contributed by atoms with Crippen LogP contribution in [0.25, 0.3) is 11.6 Å². The minimum atomic E-state index is -0.266. The van der Waals surface area contributed by atoms with Crippen LogP contribution in [0.3, 0.4) is 0 Å². The van der Waals surface area contributed by atoms with Gasteiger partial charge in [0, 0.05) is 0 Å². The van der Waals surface area contributed by atoms with Crippen molar-refractivity contribution in [1.29, 1.82) is 0 Å². The van der Waals surface area contributed by atoms with E-state index in [1.54, 1.807) is 0 Å². The van der Waals surface area contributed by atoms with Gasteiger partial charge in [0.1, 0.15) is 0 Å². The van der Waals surface area contributed by atoms with Gasteiger partial charge in [-0.2, -0.15) is 0 Å². The van der Waals surface area contributed by atoms with E-state index in [1.807, 2.05) is 31.2 Å². The Morgan fingerprint density at radius 3 is 2.13 bits per heavy atom. The van der Waals surface area contributed by atoms with Crippen molar-refractivity contribution in [3.05, 3.63) is 69.8 Å². The quantitative estimate of drug-likeness (QED) is 0.357. The molecule has 0 saturated carbocycles. The van der Waals surface area contributed by atoms with E-state index in [4.69, 9.17) is 4.74 Å². The van der Waals surface area contributed by atoms with Gasteiger partial charge in [0.15, 0.2) is 0 Å². The van der Waals surface area contributed by atoms with E-state index < -0.39 is 0 Å². The van der Waals surface area contributed by atoms with Crippen molar-refractivity contribution in [2.24, 2.45) is 5.92 Å². The molecule has 0 amide bonds. The summed E-state index contributed by atoms with van der Waals surface area (Å²) in [7, 11) is 0. The lowest BCUT2D eigenvalue weighted by Crippen LogP contribution is -2.30. The molecule has 2 heteroatoms. The van der Waals surface area contributed by atoms with Crippen molar-refractivity contribution in [3.63, 3.8) is 0 Å². The lowest BCUT2D eigenvalue weighted by atomic mass is 9.71. The van der Waals surface area contributed by atoms with Crippen LogP contribution in [-0.4, -0.2) is 12.6 Å². The second-order valence-corrected chi connectivity index (χ2v) is 10.1. The molecule has 31 heavy (non-hydrogen) atoms. The summed E-state index contributed by atoms with van der Waals surface area (Å²) >= 11 is 0. The molecule has 0 radical (unpaired) electrons. The molecular formula is C29H38O2. The number of carbonyl (C=O) groups is 1. The normalized spacial score (nSPS) is 19.2. The highest BCUT2D eigenvalue weighted by molar-refractivity contribution is 5.90. The molecule has 0 heterocycles. The van der Waals surface area contributed by atoms with Gasteiger partial charge >= 0.3 is 5.97 Å². The molecule has 0 N–H and O–H groups in total. The molecule has 0 aromatic heterocycles. The van der Waals surface area contributed by atoms with Gasteiger partial charge < -0.3 is 4.74 Å². The second-order valence-electron chi connectivity index (χ2n) is 10.1. The van der Waals surface area contributed by atoms with Crippen molar-refractivity contribution >= 4 is 17.6 Å². The standard InChI is InChI=1S/C29H38O2/c1-9-11-23-17-25-26(29(7,8)20(4)28(25,5)6)18-24(23)19(3)16-21-12-14-22(15-13-21)27(30)31-10-2/h12-18,20H,9-11H2,1-8H3/b19-16+. The number of aryl methyl sites for hydroxylation is 1. The number of benzene rings is 2. The summed E-state index contributed by atoms with van der Waals surface area (Å²) in [5.74, 6) is 0.317. The molecule has 1 atom stereocenters. The van der Waals surface area contributed by atoms with Gasteiger partial charge in [-0.15, -0.1) is 0 Å². The van der Waals surface area contributed by atoms with Crippen LogP contribution in [0.1, 0.15) is 100.0 Å². The first-order valence-electron chi connectivity index (χ1n) is 11.7. The molecule has 0 bridgehead atoms. The average Bonchev–Trinajstić information content (AvgIpc) is 2.85. The van der Waals surface area contributed by atoms with Crippen LogP contribution in [0.15, 0.2) is 36.4 Å². The first-order chi connectivity index (χ1) is 14.5. The Kier molecular flexibility index (Phi) is 6.51. The van der Waals surface area contributed by atoms with Crippen molar-refractivity contribution in [3.8, 4) is 0 Å². The smallest absolute Gasteiger partial charge is 0.338 e. The number of esters is 1. The summed E-state index contributed by atoms with van der Waals surface area (Å²) in [4.78, 5) is 11.9. The first kappa shape index (κ1) is 23.3. The summed E-state index contributed by atoms with van der Waals surface area (Å²) in [6.07, 6.45) is 4.44. The molecular weight excluding hydrogens is 380 g/mol. The number of rotatable bonds is 6. The number of carbonyl (C=O) groups excluding carboxylic acids is 1. The van der Waals surface area contributed by atoms with E-state index in [9.17, 15) is 4.79 Å². The van der Waals surface area contributed by atoms with Gasteiger partial charge in [-0.3, -0.25) is 0 Å². The average molecular weight is 419 g/mol. The summed E-state index contributed by atoms with van der Waals surface area (Å²) in [5.41, 5.74) is 9.10. The van der Waals surface area contributed by atoms with Crippen molar-refractivity contribution in [2.45, 2.75) is 79.1 Å². The minimum absolute atomic E-state index is 0.153. The Hall–Kier alpha value is -2.35. The third-order valence-electron chi connectivity index (χ3n) is 7.55. The van der Waals surface area contributed by atoms with Gasteiger partial charge in [-0.1, -0.05) is 78.3 Å². The number of allylic oxidation sites excluding steroid dienone is 1. The van der Waals surface area contributed by atoms with Gasteiger partial charge in [0.2, 0.25) is 0 Å². The van der Waals surface area contributed by atoms with E-state index in [2.05, 4.69) is 66.7 Å². The third kappa shape index (κ3) is 4.22. The topological polar surface area (TPSA) is 26.3 Å².